The van der Waals surface area contributed by atoms with Crippen LogP contribution in [0, 0.1) is 19.8 Å². The highest BCUT2D eigenvalue weighted by Gasteiger charge is 2.25. The molecule has 0 aromatic heterocycles. The lowest BCUT2D eigenvalue weighted by atomic mass is 9.84. The first-order valence-corrected chi connectivity index (χ1v) is 10.7. The average molecular weight is 432 g/mol. The Balaban J connectivity index is 0.00000320. The number of likely N-dealkylation sites (tertiary alicyclic amines) is 1. The van der Waals surface area contributed by atoms with Crippen LogP contribution in [0.1, 0.15) is 47.4 Å². The van der Waals surface area contributed by atoms with Gasteiger partial charge in [-0.05, 0) is 61.9 Å². The quantitative estimate of drug-likeness (QED) is 0.564. The van der Waals surface area contributed by atoms with E-state index in [1.165, 1.54) is 22.3 Å². The molecular formula is C25H34ClNO3. The highest BCUT2D eigenvalue weighted by Crippen LogP contribution is 2.32. The van der Waals surface area contributed by atoms with Gasteiger partial charge >= 0.3 is 5.97 Å². The molecule has 4 nitrogen and oxygen atoms in total. The largest absolute Gasteiger partial charge is 0.481 e. The van der Waals surface area contributed by atoms with Crippen molar-refractivity contribution in [1.29, 1.82) is 0 Å². The van der Waals surface area contributed by atoms with Gasteiger partial charge in [0.1, 0.15) is 0 Å². The number of aliphatic carboxylic acids is 1. The van der Waals surface area contributed by atoms with E-state index in [9.17, 15) is 9.90 Å². The molecule has 2 aromatic carbocycles. The Kier molecular flexibility index (Phi) is 9.83. The van der Waals surface area contributed by atoms with Crippen LogP contribution < -0.4 is 0 Å². The predicted molar refractivity (Wildman–Crippen MR) is 124 cm³/mol. The molecule has 1 aliphatic rings. The number of halogens is 1. The highest BCUT2D eigenvalue weighted by molar-refractivity contribution is 5.85. The van der Waals surface area contributed by atoms with E-state index in [0.717, 1.165) is 32.4 Å². The number of carboxylic acid groups (broad SMARTS) is 1. The molecule has 1 heterocycles. The van der Waals surface area contributed by atoms with E-state index in [0.29, 0.717) is 25.7 Å². The molecule has 0 aliphatic carbocycles. The number of piperidine rings is 1. The summed E-state index contributed by atoms with van der Waals surface area (Å²) in [5.74, 6) is -0.575. The topological polar surface area (TPSA) is 49.8 Å². The van der Waals surface area contributed by atoms with Crippen LogP contribution in [-0.4, -0.2) is 48.8 Å². The number of hydrogen-bond acceptors (Lipinski definition) is 3. The standard InChI is InChI=1S/C25H33NO3.ClH/c1-19-8-3-5-11-22(19)24(23-12-6-4-9-20(23)2)13-16-29-17-15-26-14-7-10-21(18-26)25(27)28;/h3-6,8-9,11-12,21,24H,7,10,13-18H2,1-2H3,(H,27,28);1H/t21-;/m1./s1. The number of carbonyl (C=O) groups is 1. The van der Waals surface area contributed by atoms with E-state index in [-0.39, 0.29) is 18.3 Å². The molecule has 164 valence electrons. The fraction of sp³-hybridized carbons (Fsp3) is 0.480. The summed E-state index contributed by atoms with van der Waals surface area (Å²) < 4.78 is 6.00. The minimum Gasteiger partial charge on any atom is -0.481 e. The first-order chi connectivity index (χ1) is 14.1. The number of rotatable bonds is 9. The molecular weight excluding hydrogens is 398 g/mol. The Hall–Kier alpha value is -1.88. The summed E-state index contributed by atoms with van der Waals surface area (Å²) in [5, 5.41) is 9.23. The second kappa shape index (κ2) is 12.1. The summed E-state index contributed by atoms with van der Waals surface area (Å²) in [6, 6.07) is 17.2. The zero-order chi connectivity index (χ0) is 20.6. The molecule has 3 rings (SSSR count). The number of aryl methyl sites for hydroxylation is 2. The van der Waals surface area contributed by atoms with Gasteiger partial charge in [-0.15, -0.1) is 12.4 Å². The van der Waals surface area contributed by atoms with Gasteiger partial charge in [0.2, 0.25) is 0 Å². The molecule has 0 amide bonds. The van der Waals surface area contributed by atoms with Crippen LogP contribution in [0.5, 0.6) is 0 Å². The van der Waals surface area contributed by atoms with Crippen molar-refractivity contribution >= 4 is 18.4 Å². The van der Waals surface area contributed by atoms with Crippen LogP contribution in [0.25, 0.3) is 0 Å². The van der Waals surface area contributed by atoms with Gasteiger partial charge in [0.25, 0.3) is 0 Å². The molecule has 1 atom stereocenters. The Morgan fingerprint density at radius 1 is 1.07 bits per heavy atom. The maximum Gasteiger partial charge on any atom is 0.307 e. The van der Waals surface area contributed by atoms with Gasteiger partial charge in [0.05, 0.1) is 12.5 Å². The number of carboxylic acids is 1. The lowest BCUT2D eigenvalue weighted by Crippen LogP contribution is -2.40. The van der Waals surface area contributed by atoms with Crippen molar-refractivity contribution in [1.82, 2.24) is 4.90 Å². The van der Waals surface area contributed by atoms with Gasteiger partial charge in [-0.2, -0.15) is 0 Å². The monoisotopic (exact) mass is 431 g/mol. The molecule has 1 N–H and O–H groups in total. The third kappa shape index (κ3) is 6.56. The second-order valence-corrected chi connectivity index (χ2v) is 8.14. The maximum absolute atomic E-state index is 11.2. The number of nitrogens with zero attached hydrogens (tertiary/aromatic N) is 1. The van der Waals surface area contributed by atoms with E-state index in [1.807, 2.05) is 0 Å². The molecule has 1 saturated heterocycles. The number of ether oxygens (including phenoxy) is 1. The van der Waals surface area contributed by atoms with Gasteiger partial charge in [-0.3, -0.25) is 4.79 Å². The van der Waals surface area contributed by atoms with Crippen molar-refractivity contribution < 1.29 is 14.6 Å². The molecule has 1 aliphatic heterocycles. The molecule has 0 spiro atoms. The van der Waals surface area contributed by atoms with Gasteiger partial charge in [-0.1, -0.05) is 48.5 Å². The third-order valence-corrected chi connectivity index (χ3v) is 6.09. The van der Waals surface area contributed by atoms with E-state index >= 15 is 0 Å². The van der Waals surface area contributed by atoms with Crippen LogP contribution in [0.3, 0.4) is 0 Å². The van der Waals surface area contributed by atoms with E-state index < -0.39 is 5.97 Å². The first-order valence-electron chi connectivity index (χ1n) is 10.7. The van der Waals surface area contributed by atoms with Crippen LogP contribution >= 0.6 is 12.4 Å². The third-order valence-electron chi connectivity index (χ3n) is 6.09. The Morgan fingerprint density at radius 3 is 2.23 bits per heavy atom. The highest BCUT2D eigenvalue weighted by atomic mass is 35.5. The summed E-state index contributed by atoms with van der Waals surface area (Å²) in [6.07, 6.45) is 2.69. The minimum atomic E-state index is -0.671. The molecule has 0 unspecified atom stereocenters. The molecule has 2 aromatic rings. The van der Waals surface area contributed by atoms with Gasteiger partial charge in [0, 0.05) is 25.6 Å². The zero-order valence-electron chi connectivity index (χ0n) is 18.0. The SMILES string of the molecule is Cc1ccccc1C(CCOCCN1CCC[C@@H](C(=O)O)C1)c1ccccc1C.Cl. The smallest absolute Gasteiger partial charge is 0.307 e. The van der Waals surface area contributed by atoms with Gasteiger partial charge < -0.3 is 14.7 Å². The maximum atomic E-state index is 11.2. The predicted octanol–water partition coefficient (Wildman–Crippen LogP) is 5.06. The van der Waals surface area contributed by atoms with E-state index in [1.54, 1.807) is 0 Å². The van der Waals surface area contributed by atoms with Crippen molar-refractivity contribution in [3.8, 4) is 0 Å². The lowest BCUT2D eigenvalue weighted by Gasteiger charge is -2.30. The summed E-state index contributed by atoms with van der Waals surface area (Å²) in [6.45, 7) is 8.14. The van der Waals surface area contributed by atoms with Gasteiger partial charge in [-0.25, -0.2) is 0 Å². The van der Waals surface area contributed by atoms with Crippen molar-refractivity contribution in [2.24, 2.45) is 5.92 Å². The van der Waals surface area contributed by atoms with E-state index in [4.69, 9.17) is 4.74 Å². The fourth-order valence-electron chi connectivity index (χ4n) is 4.39. The molecule has 5 heteroatoms. The van der Waals surface area contributed by atoms with Crippen molar-refractivity contribution in [3.05, 3.63) is 70.8 Å². The minimum absolute atomic E-state index is 0. The Morgan fingerprint density at radius 2 is 1.67 bits per heavy atom. The number of hydrogen-bond donors (Lipinski definition) is 1. The summed E-state index contributed by atoms with van der Waals surface area (Å²) >= 11 is 0. The van der Waals surface area contributed by atoms with Crippen molar-refractivity contribution in [2.45, 2.75) is 39.0 Å². The molecule has 0 bridgehead atoms. The number of benzene rings is 2. The Bertz CT molecular complexity index is 765. The second-order valence-electron chi connectivity index (χ2n) is 8.14. The van der Waals surface area contributed by atoms with Crippen molar-refractivity contribution in [3.63, 3.8) is 0 Å². The Labute approximate surface area is 186 Å². The first kappa shape index (κ1) is 24.4. The molecule has 1 fully saturated rings. The molecule has 0 radical (unpaired) electrons. The summed E-state index contributed by atoms with van der Waals surface area (Å²) in [5.41, 5.74) is 5.36. The van der Waals surface area contributed by atoms with Crippen LogP contribution in [0.4, 0.5) is 0 Å². The van der Waals surface area contributed by atoms with Crippen LogP contribution in [0.2, 0.25) is 0 Å². The van der Waals surface area contributed by atoms with Gasteiger partial charge in [0.15, 0.2) is 0 Å². The molecule has 0 saturated carbocycles. The zero-order valence-corrected chi connectivity index (χ0v) is 18.9. The van der Waals surface area contributed by atoms with Crippen LogP contribution in [-0.2, 0) is 9.53 Å². The molecule has 30 heavy (non-hydrogen) atoms. The van der Waals surface area contributed by atoms with Crippen molar-refractivity contribution in [2.75, 3.05) is 32.8 Å². The lowest BCUT2D eigenvalue weighted by molar-refractivity contribution is -0.143. The average Bonchev–Trinajstić information content (AvgIpc) is 2.72. The summed E-state index contributed by atoms with van der Waals surface area (Å²) in [4.78, 5) is 13.4. The van der Waals surface area contributed by atoms with Crippen LogP contribution in [0.15, 0.2) is 48.5 Å². The normalized spacial score (nSPS) is 17.0. The summed E-state index contributed by atoms with van der Waals surface area (Å²) in [7, 11) is 0. The fourth-order valence-corrected chi connectivity index (χ4v) is 4.39. The van der Waals surface area contributed by atoms with E-state index in [2.05, 4.69) is 67.3 Å².